The molecular formula is C14H18N4O3. The Labute approximate surface area is 122 Å². The maximum absolute atomic E-state index is 10.7. The number of anilines is 1. The molecule has 7 heteroatoms. The Morgan fingerprint density at radius 2 is 2.24 bits per heavy atom. The third kappa shape index (κ3) is 3.13. The van der Waals surface area contributed by atoms with Gasteiger partial charge in [0.25, 0.3) is 11.7 Å². The van der Waals surface area contributed by atoms with Gasteiger partial charge in [-0.2, -0.15) is 4.98 Å². The molecule has 112 valence electrons. The molecule has 0 saturated carbocycles. The average Bonchev–Trinajstić information content (AvgIpc) is 2.88. The second-order valence-electron chi connectivity index (χ2n) is 5.56. The number of non-ortho nitro benzene ring substituents is 1. The summed E-state index contributed by atoms with van der Waals surface area (Å²) < 4.78 is 5.56. The lowest BCUT2D eigenvalue weighted by Crippen LogP contribution is -2.32. The van der Waals surface area contributed by atoms with E-state index in [0.717, 1.165) is 32.5 Å². The van der Waals surface area contributed by atoms with Crippen LogP contribution in [0.5, 0.6) is 0 Å². The topological polar surface area (TPSA) is 84.4 Å². The Kier molecular flexibility index (Phi) is 3.74. The summed E-state index contributed by atoms with van der Waals surface area (Å²) in [5, 5.41) is 13.9. The highest BCUT2D eigenvalue weighted by molar-refractivity contribution is 5.77. The quantitative estimate of drug-likeness (QED) is 0.688. The van der Waals surface area contributed by atoms with Gasteiger partial charge in [0.2, 0.25) is 0 Å². The molecule has 1 aliphatic rings. The van der Waals surface area contributed by atoms with Crippen LogP contribution in [0.15, 0.2) is 22.6 Å². The molecule has 21 heavy (non-hydrogen) atoms. The van der Waals surface area contributed by atoms with Crippen LogP contribution in [-0.4, -0.2) is 41.5 Å². The van der Waals surface area contributed by atoms with E-state index >= 15 is 0 Å². The van der Waals surface area contributed by atoms with Crippen molar-refractivity contribution in [2.45, 2.75) is 12.8 Å². The highest BCUT2D eigenvalue weighted by atomic mass is 16.6. The zero-order chi connectivity index (χ0) is 14.8. The van der Waals surface area contributed by atoms with Crippen molar-refractivity contribution < 1.29 is 9.34 Å². The van der Waals surface area contributed by atoms with Crippen LogP contribution in [0, 0.1) is 16.0 Å². The largest absolute Gasteiger partial charge is 0.424 e. The molecule has 1 aromatic carbocycles. The summed E-state index contributed by atoms with van der Waals surface area (Å²) in [4.78, 5) is 16.9. The van der Waals surface area contributed by atoms with Crippen LogP contribution < -0.4 is 5.32 Å². The van der Waals surface area contributed by atoms with Crippen molar-refractivity contribution in [1.82, 2.24) is 9.88 Å². The van der Waals surface area contributed by atoms with Gasteiger partial charge in [-0.1, -0.05) is 0 Å². The van der Waals surface area contributed by atoms with E-state index in [1.54, 1.807) is 6.07 Å². The molecule has 1 fully saturated rings. The number of nitrogens with zero attached hydrogens (tertiary/aromatic N) is 3. The van der Waals surface area contributed by atoms with Gasteiger partial charge in [-0.25, -0.2) is 0 Å². The van der Waals surface area contributed by atoms with E-state index in [2.05, 4.69) is 22.2 Å². The van der Waals surface area contributed by atoms with Gasteiger partial charge < -0.3 is 14.6 Å². The van der Waals surface area contributed by atoms with Crippen LogP contribution in [0.2, 0.25) is 0 Å². The molecule has 0 radical (unpaired) electrons. The predicted octanol–water partition coefficient (Wildman–Crippen LogP) is 2.49. The first-order valence-electron chi connectivity index (χ1n) is 7.09. The first-order valence-corrected chi connectivity index (χ1v) is 7.09. The maximum atomic E-state index is 10.7. The Bertz CT molecular complexity index is 647. The molecule has 3 rings (SSSR count). The standard InChI is InChI=1S/C14H18N4O3/c1-17-6-4-10(5-7-17)9-15-14-16-12-8-11(18(19)20)2-3-13(12)21-14/h2-3,8,10H,4-7,9H2,1H3,(H,15,16). The van der Waals surface area contributed by atoms with E-state index < -0.39 is 4.92 Å². The van der Waals surface area contributed by atoms with Crippen molar-refractivity contribution in [2.75, 3.05) is 32.0 Å². The van der Waals surface area contributed by atoms with Gasteiger partial charge in [0, 0.05) is 18.7 Å². The first kappa shape index (κ1) is 13.8. The minimum Gasteiger partial charge on any atom is -0.424 e. The Morgan fingerprint density at radius 1 is 1.48 bits per heavy atom. The second-order valence-corrected chi connectivity index (χ2v) is 5.56. The Balaban J connectivity index is 1.66. The van der Waals surface area contributed by atoms with E-state index in [0.29, 0.717) is 23.0 Å². The smallest absolute Gasteiger partial charge is 0.295 e. The number of nitro benzene ring substituents is 1. The number of hydrogen-bond acceptors (Lipinski definition) is 6. The van der Waals surface area contributed by atoms with E-state index in [1.807, 2.05) is 0 Å². The van der Waals surface area contributed by atoms with Gasteiger partial charge in [-0.3, -0.25) is 10.1 Å². The number of nitro groups is 1. The van der Waals surface area contributed by atoms with Crippen LogP contribution >= 0.6 is 0 Å². The third-order valence-electron chi connectivity index (χ3n) is 3.96. The summed E-state index contributed by atoms with van der Waals surface area (Å²) >= 11 is 0. The summed E-state index contributed by atoms with van der Waals surface area (Å²) in [6, 6.07) is 4.87. The summed E-state index contributed by atoms with van der Waals surface area (Å²) in [5.41, 5.74) is 1.10. The third-order valence-corrected chi connectivity index (χ3v) is 3.96. The van der Waals surface area contributed by atoms with Gasteiger partial charge in [0.05, 0.1) is 4.92 Å². The number of rotatable bonds is 4. The van der Waals surface area contributed by atoms with Gasteiger partial charge >= 0.3 is 0 Å². The van der Waals surface area contributed by atoms with Gasteiger partial charge in [0.15, 0.2) is 5.58 Å². The van der Waals surface area contributed by atoms with Crippen LogP contribution in [0.3, 0.4) is 0 Å². The lowest BCUT2D eigenvalue weighted by atomic mass is 9.97. The molecule has 1 N–H and O–H groups in total. The number of aromatic nitrogens is 1. The highest BCUT2D eigenvalue weighted by Crippen LogP contribution is 2.24. The zero-order valence-electron chi connectivity index (χ0n) is 11.9. The van der Waals surface area contributed by atoms with Crippen LogP contribution in [0.25, 0.3) is 11.1 Å². The molecule has 0 amide bonds. The highest BCUT2D eigenvalue weighted by Gasteiger charge is 2.17. The van der Waals surface area contributed by atoms with Crippen molar-refractivity contribution in [2.24, 2.45) is 5.92 Å². The molecule has 0 bridgehead atoms. The summed E-state index contributed by atoms with van der Waals surface area (Å²) in [7, 11) is 2.14. The fraction of sp³-hybridized carbons (Fsp3) is 0.500. The van der Waals surface area contributed by atoms with E-state index in [4.69, 9.17) is 4.42 Å². The SMILES string of the molecule is CN1CCC(CNc2nc3cc([N+](=O)[O-])ccc3o2)CC1. The van der Waals surface area contributed by atoms with Crippen LogP contribution in [-0.2, 0) is 0 Å². The van der Waals surface area contributed by atoms with Crippen molar-refractivity contribution in [3.63, 3.8) is 0 Å². The van der Waals surface area contributed by atoms with Gasteiger partial charge in [-0.15, -0.1) is 0 Å². The molecule has 0 aliphatic carbocycles. The molecule has 1 aliphatic heterocycles. The van der Waals surface area contributed by atoms with Crippen LogP contribution in [0.4, 0.5) is 11.7 Å². The number of likely N-dealkylation sites (tertiary alicyclic amines) is 1. The fourth-order valence-corrected chi connectivity index (χ4v) is 2.60. The van der Waals surface area contributed by atoms with E-state index in [9.17, 15) is 10.1 Å². The minimum atomic E-state index is -0.431. The van der Waals surface area contributed by atoms with Crippen molar-refractivity contribution in [1.29, 1.82) is 0 Å². The number of benzene rings is 1. The lowest BCUT2D eigenvalue weighted by molar-refractivity contribution is -0.384. The second kappa shape index (κ2) is 5.69. The Hall–Kier alpha value is -2.15. The lowest BCUT2D eigenvalue weighted by Gasteiger charge is -2.28. The molecule has 1 aromatic heterocycles. The van der Waals surface area contributed by atoms with Crippen molar-refractivity contribution in [3.8, 4) is 0 Å². The van der Waals surface area contributed by atoms with Gasteiger partial charge in [0.1, 0.15) is 5.52 Å². The average molecular weight is 290 g/mol. The number of hydrogen-bond donors (Lipinski definition) is 1. The molecule has 0 spiro atoms. The fourth-order valence-electron chi connectivity index (χ4n) is 2.60. The van der Waals surface area contributed by atoms with E-state index in [-0.39, 0.29) is 5.69 Å². The van der Waals surface area contributed by atoms with E-state index in [1.165, 1.54) is 12.1 Å². The molecular weight excluding hydrogens is 272 g/mol. The minimum absolute atomic E-state index is 0.0256. The molecule has 2 aromatic rings. The monoisotopic (exact) mass is 290 g/mol. The van der Waals surface area contributed by atoms with Gasteiger partial charge in [-0.05, 0) is 45.0 Å². The summed E-state index contributed by atoms with van der Waals surface area (Å²) in [5.74, 6) is 0.616. The zero-order valence-corrected chi connectivity index (χ0v) is 11.9. The van der Waals surface area contributed by atoms with Crippen LogP contribution in [0.1, 0.15) is 12.8 Å². The first-order chi connectivity index (χ1) is 10.1. The summed E-state index contributed by atoms with van der Waals surface area (Å²) in [6.07, 6.45) is 2.32. The maximum Gasteiger partial charge on any atom is 0.295 e. The van der Waals surface area contributed by atoms with Crippen molar-refractivity contribution in [3.05, 3.63) is 28.3 Å². The summed E-state index contributed by atoms with van der Waals surface area (Å²) in [6.45, 7) is 3.06. The molecule has 0 unspecified atom stereocenters. The van der Waals surface area contributed by atoms with Crippen molar-refractivity contribution >= 4 is 22.8 Å². The number of fused-ring (bicyclic) bond motifs is 1. The molecule has 1 saturated heterocycles. The Morgan fingerprint density at radius 3 is 2.95 bits per heavy atom. The molecule has 2 heterocycles. The normalized spacial score (nSPS) is 17.2. The number of piperidine rings is 1. The number of nitrogens with one attached hydrogen (secondary N) is 1. The molecule has 0 atom stereocenters. The predicted molar refractivity (Wildman–Crippen MR) is 79.4 cm³/mol. The molecule has 7 nitrogen and oxygen atoms in total. The number of oxazole rings is 1.